The first-order chi connectivity index (χ1) is 14.5. The standard InChI is InChI=1S/C22H24N2O3S3/c1-5-23-18(8-7-17-12-14(2)6-9-19(17)23)13-20-24(10-11-28-27-26-25)22-21(30-20)15(3)16(4)29-22/h6-9,12-13H,5,10-11H2,1-4H3/p+1. The molecule has 1 aromatic carbocycles. The molecule has 0 fully saturated rings. The van der Waals surface area contributed by atoms with Crippen molar-refractivity contribution < 1.29 is 19.2 Å². The topological polar surface area (TPSA) is 45.8 Å². The Morgan fingerprint density at radius 1 is 1.20 bits per heavy atom. The summed E-state index contributed by atoms with van der Waals surface area (Å²) in [6.45, 7) is 10.4. The lowest BCUT2D eigenvalue weighted by Gasteiger charge is -2.18. The summed E-state index contributed by atoms with van der Waals surface area (Å²) in [7, 11) is 0. The number of thioether (sulfide) groups is 1. The average molecular weight is 462 g/mol. The Balaban J connectivity index is 1.73. The molecule has 5 nitrogen and oxygen atoms in total. The van der Waals surface area contributed by atoms with Crippen LogP contribution in [0.2, 0.25) is 0 Å². The lowest BCUT2D eigenvalue weighted by molar-refractivity contribution is -0.669. The van der Waals surface area contributed by atoms with Gasteiger partial charge in [-0.25, -0.2) is 5.26 Å². The Morgan fingerprint density at radius 2 is 2.03 bits per heavy atom. The van der Waals surface area contributed by atoms with Crippen molar-refractivity contribution in [1.29, 1.82) is 0 Å². The van der Waals surface area contributed by atoms with Crippen LogP contribution in [0.15, 0.2) is 40.3 Å². The van der Waals surface area contributed by atoms with Crippen molar-refractivity contribution in [3.8, 4) is 0 Å². The van der Waals surface area contributed by atoms with Gasteiger partial charge in [0.05, 0.1) is 9.92 Å². The predicted octanol–water partition coefficient (Wildman–Crippen LogP) is 6.11. The number of benzene rings is 1. The maximum Gasteiger partial charge on any atom is 0.212 e. The highest BCUT2D eigenvalue weighted by molar-refractivity contribution is 8.04. The van der Waals surface area contributed by atoms with E-state index in [1.54, 1.807) is 0 Å². The van der Waals surface area contributed by atoms with E-state index < -0.39 is 0 Å². The Bertz CT molecular complexity index is 1110. The first-order valence-electron chi connectivity index (χ1n) is 9.83. The van der Waals surface area contributed by atoms with Crippen molar-refractivity contribution in [2.24, 2.45) is 0 Å². The number of aromatic nitrogens is 1. The number of pyridine rings is 1. The van der Waals surface area contributed by atoms with Crippen molar-refractivity contribution in [2.45, 2.75) is 39.1 Å². The van der Waals surface area contributed by atoms with Gasteiger partial charge in [0, 0.05) is 52.8 Å². The molecule has 0 radical (unpaired) electrons. The van der Waals surface area contributed by atoms with E-state index in [4.69, 9.17) is 5.26 Å². The normalized spacial score (nSPS) is 14.8. The van der Waals surface area contributed by atoms with E-state index >= 15 is 0 Å². The summed E-state index contributed by atoms with van der Waals surface area (Å²) in [6.07, 6.45) is 2.28. The van der Waals surface area contributed by atoms with Crippen LogP contribution in [0.4, 0.5) is 5.00 Å². The van der Waals surface area contributed by atoms with E-state index in [9.17, 15) is 0 Å². The van der Waals surface area contributed by atoms with Gasteiger partial charge in [0.2, 0.25) is 11.2 Å². The van der Waals surface area contributed by atoms with Crippen molar-refractivity contribution >= 4 is 57.1 Å². The highest BCUT2D eigenvalue weighted by Gasteiger charge is 2.30. The molecule has 2 aromatic heterocycles. The van der Waals surface area contributed by atoms with Gasteiger partial charge in [-0.1, -0.05) is 28.4 Å². The minimum absolute atomic E-state index is 0.665. The van der Waals surface area contributed by atoms with Gasteiger partial charge >= 0.3 is 0 Å². The van der Waals surface area contributed by atoms with Crippen LogP contribution in [0.3, 0.4) is 0 Å². The molecule has 0 saturated carbocycles. The van der Waals surface area contributed by atoms with Gasteiger partial charge < -0.3 is 4.90 Å². The second-order valence-electron chi connectivity index (χ2n) is 7.18. The Morgan fingerprint density at radius 3 is 2.80 bits per heavy atom. The van der Waals surface area contributed by atoms with Gasteiger partial charge in [-0.05, 0) is 45.4 Å². The lowest BCUT2D eigenvalue weighted by atomic mass is 10.1. The SMILES string of the molecule is CC[n+]1c(/C=C2/Sc3c(sc(C)c3C)N2CCSOOO)ccc2cc(C)ccc21. The highest BCUT2D eigenvalue weighted by atomic mass is 32.2. The second kappa shape index (κ2) is 9.30. The number of rotatable bonds is 7. The van der Waals surface area contributed by atoms with Crippen molar-refractivity contribution in [1.82, 2.24) is 0 Å². The maximum atomic E-state index is 8.39. The van der Waals surface area contributed by atoms with E-state index in [1.165, 1.54) is 47.5 Å². The fourth-order valence-electron chi connectivity index (χ4n) is 3.71. The van der Waals surface area contributed by atoms with Gasteiger partial charge in [0.1, 0.15) is 11.5 Å². The summed E-state index contributed by atoms with van der Waals surface area (Å²) in [4.78, 5) is 5.04. The predicted molar refractivity (Wildman–Crippen MR) is 127 cm³/mol. The Labute approximate surface area is 189 Å². The first-order valence-corrected chi connectivity index (χ1v) is 12.4. The number of hydrogen-bond acceptors (Lipinski definition) is 7. The fourth-order valence-corrected chi connectivity index (χ4v) is 6.73. The molecule has 0 unspecified atom stereocenters. The molecule has 30 heavy (non-hydrogen) atoms. The van der Waals surface area contributed by atoms with Gasteiger partial charge in [-0.2, -0.15) is 4.57 Å². The van der Waals surface area contributed by atoms with E-state index in [2.05, 4.69) is 82.9 Å². The van der Waals surface area contributed by atoms with E-state index in [0.29, 0.717) is 5.75 Å². The summed E-state index contributed by atoms with van der Waals surface area (Å²) in [6, 6.07) is 11.0. The zero-order chi connectivity index (χ0) is 21.3. The number of anilines is 1. The third kappa shape index (κ3) is 4.12. The smallest absolute Gasteiger partial charge is 0.212 e. The van der Waals surface area contributed by atoms with Crippen LogP contribution in [0.1, 0.15) is 28.6 Å². The molecule has 1 aliphatic rings. The molecular weight excluding hydrogens is 436 g/mol. The molecule has 3 aromatic rings. The number of hydrogen-bond donors (Lipinski definition) is 1. The Hall–Kier alpha value is -1.55. The van der Waals surface area contributed by atoms with Crippen molar-refractivity contribution in [3.63, 3.8) is 0 Å². The number of nitrogens with zero attached hydrogens (tertiary/aromatic N) is 2. The quantitative estimate of drug-likeness (QED) is 0.150. The van der Waals surface area contributed by atoms with E-state index in [0.717, 1.165) is 25.1 Å². The largest absolute Gasteiger partial charge is 0.326 e. The van der Waals surface area contributed by atoms with Crippen molar-refractivity contribution in [3.05, 3.63) is 57.1 Å². The third-order valence-corrected chi connectivity index (χ3v) is 8.43. The molecule has 0 spiro atoms. The van der Waals surface area contributed by atoms with E-state index in [1.807, 2.05) is 23.1 Å². The second-order valence-corrected chi connectivity index (χ2v) is 10.2. The summed E-state index contributed by atoms with van der Waals surface area (Å²) in [5, 5.41) is 15.9. The molecule has 0 amide bonds. The van der Waals surface area contributed by atoms with Crippen LogP contribution < -0.4 is 9.47 Å². The summed E-state index contributed by atoms with van der Waals surface area (Å²) in [5.41, 5.74) is 5.07. The minimum atomic E-state index is 0.665. The number of aryl methyl sites for hydroxylation is 3. The van der Waals surface area contributed by atoms with Crippen LogP contribution in [0.5, 0.6) is 0 Å². The molecule has 158 valence electrons. The van der Waals surface area contributed by atoms with Crippen molar-refractivity contribution in [2.75, 3.05) is 17.2 Å². The molecule has 0 aliphatic carbocycles. The fraction of sp³-hybridized carbons (Fsp3) is 0.318. The maximum absolute atomic E-state index is 8.39. The average Bonchev–Trinajstić information content (AvgIpc) is 3.20. The van der Waals surface area contributed by atoms with Crippen LogP contribution in [-0.2, 0) is 15.9 Å². The third-order valence-electron chi connectivity index (χ3n) is 5.31. The molecule has 1 aliphatic heterocycles. The van der Waals surface area contributed by atoms with Gasteiger partial charge in [0.15, 0.2) is 0 Å². The molecule has 8 heteroatoms. The van der Waals surface area contributed by atoms with Gasteiger partial charge in [0.25, 0.3) is 0 Å². The lowest BCUT2D eigenvalue weighted by Crippen LogP contribution is -2.37. The monoisotopic (exact) mass is 461 g/mol. The molecule has 0 atom stereocenters. The molecule has 3 heterocycles. The number of thiophene rings is 1. The van der Waals surface area contributed by atoms with Gasteiger partial charge in [-0.15, -0.1) is 15.7 Å². The minimum Gasteiger partial charge on any atom is -0.326 e. The van der Waals surface area contributed by atoms with E-state index in [-0.39, 0.29) is 0 Å². The van der Waals surface area contributed by atoms with Crippen LogP contribution in [0.25, 0.3) is 17.0 Å². The zero-order valence-electron chi connectivity index (χ0n) is 17.5. The van der Waals surface area contributed by atoms with Crippen LogP contribution in [-0.4, -0.2) is 17.6 Å². The highest BCUT2D eigenvalue weighted by Crippen LogP contribution is 2.53. The molecule has 1 N–H and O–H groups in total. The Kier molecular flexibility index (Phi) is 6.72. The molecule has 4 rings (SSSR count). The number of fused-ring (bicyclic) bond motifs is 2. The molecular formula is C22H25N2O3S3+. The van der Waals surface area contributed by atoms with Crippen LogP contribution in [0, 0.1) is 20.8 Å². The molecule has 0 bridgehead atoms. The van der Waals surface area contributed by atoms with Gasteiger partial charge in [-0.3, -0.25) is 0 Å². The first kappa shape index (κ1) is 21.7. The van der Waals surface area contributed by atoms with Crippen LogP contribution >= 0.6 is 35.1 Å². The molecule has 0 saturated heterocycles. The summed E-state index contributed by atoms with van der Waals surface area (Å²) < 4.78 is 6.94. The zero-order valence-corrected chi connectivity index (χ0v) is 19.9. The summed E-state index contributed by atoms with van der Waals surface area (Å²) in [5.74, 6) is 0.665. The summed E-state index contributed by atoms with van der Waals surface area (Å²) >= 11 is 4.76.